The zero-order valence-corrected chi connectivity index (χ0v) is 15.9. The largest absolute Gasteiger partial charge is 0.422 e. The molecule has 5 rings (SSSR count). The maximum Gasteiger partial charge on any atom is 0.245 e. The number of carbonyl (C=O) groups is 1. The number of anilines is 1. The maximum absolute atomic E-state index is 13.4. The Labute approximate surface area is 167 Å². The Balaban J connectivity index is 1.89. The van der Waals surface area contributed by atoms with Gasteiger partial charge in [-0.25, -0.2) is 4.68 Å². The van der Waals surface area contributed by atoms with Crippen molar-refractivity contribution in [3.8, 4) is 17.6 Å². The predicted octanol–water partition coefficient (Wildman–Crippen LogP) is 2.81. The molecule has 3 heterocycles. The van der Waals surface area contributed by atoms with Gasteiger partial charge in [0.2, 0.25) is 17.7 Å². The van der Waals surface area contributed by atoms with Gasteiger partial charge < -0.3 is 15.8 Å². The SMILES string of the molecule is Cc1cccc(-n2nc(C)c3c2OC(N)=C(C#N)C32C(=O)Nc3ccccc32)c1. The second-order valence-corrected chi connectivity index (χ2v) is 7.22. The van der Waals surface area contributed by atoms with Gasteiger partial charge >= 0.3 is 0 Å². The molecule has 7 nitrogen and oxygen atoms in total. The summed E-state index contributed by atoms with van der Waals surface area (Å²) in [6.45, 7) is 3.79. The number of benzene rings is 2. The molecule has 0 bridgehead atoms. The summed E-state index contributed by atoms with van der Waals surface area (Å²) in [5, 5.41) is 17.5. The number of nitrogens with one attached hydrogen (secondary N) is 1. The molecule has 2 aliphatic heterocycles. The van der Waals surface area contributed by atoms with Crippen LogP contribution in [0.3, 0.4) is 0 Å². The molecule has 1 amide bonds. The van der Waals surface area contributed by atoms with Gasteiger partial charge in [-0.05, 0) is 37.6 Å². The molecule has 3 aromatic rings. The van der Waals surface area contributed by atoms with Crippen molar-refractivity contribution in [1.29, 1.82) is 5.26 Å². The van der Waals surface area contributed by atoms with Crippen molar-refractivity contribution in [3.05, 3.63) is 82.4 Å². The molecule has 0 radical (unpaired) electrons. The molecule has 1 spiro atoms. The fourth-order valence-corrected chi connectivity index (χ4v) is 4.32. The second-order valence-electron chi connectivity index (χ2n) is 7.22. The first-order chi connectivity index (χ1) is 14.0. The maximum atomic E-state index is 13.4. The zero-order chi connectivity index (χ0) is 20.3. The van der Waals surface area contributed by atoms with Crippen molar-refractivity contribution in [1.82, 2.24) is 9.78 Å². The molecular formula is C22H17N5O2. The van der Waals surface area contributed by atoms with Crippen LogP contribution in [0.2, 0.25) is 0 Å². The molecule has 142 valence electrons. The van der Waals surface area contributed by atoms with Crippen molar-refractivity contribution in [2.75, 3.05) is 5.32 Å². The highest BCUT2D eigenvalue weighted by Gasteiger charge is 2.58. The number of nitrogens with zero attached hydrogens (tertiary/aromatic N) is 3. The lowest BCUT2D eigenvalue weighted by molar-refractivity contribution is -0.118. The molecule has 0 saturated heterocycles. The van der Waals surface area contributed by atoms with E-state index in [9.17, 15) is 10.1 Å². The molecule has 0 saturated carbocycles. The summed E-state index contributed by atoms with van der Waals surface area (Å²) in [5.41, 5.74) is 9.13. The summed E-state index contributed by atoms with van der Waals surface area (Å²) in [6, 6.07) is 17.2. The Morgan fingerprint density at radius 2 is 2.00 bits per heavy atom. The van der Waals surface area contributed by atoms with Crippen LogP contribution < -0.4 is 15.8 Å². The zero-order valence-electron chi connectivity index (χ0n) is 15.9. The van der Waals surface area contributed by atoms with Crippen LogP contribution in [0.25, 0.3) is 5.69 Å². The Bertz CT molecular complexity index is 1280. The number of hydrogen-bond donors (Lipinski definition) is 2. The number of aromatic nitrogens is 2. The molecule has 2 aliphatic rings. The highest BCUT2D eigenvalue weighted by Crippen LogP contribution is 2.54. The quantitative estimate of drug-likeness (QED) is 0.672. The van der Waals surface area contributed by atoms with Gasteiger partial charge in [-0.3, -0.25) is 4.79 Å². The number of para-hydroxylation sites is 1. The van der Waals surface area contributed by atoms with Gasteiger partial charge in [-0.15, -0.1) is 0 Å². The van der Waals surface area contributed by atoms with Crippen LogP contribution in [0.1, 0.15) is 22.4 Å². The number of carbonyl (C=O) groups excluding carboxylic acids is 1. The summed E-state index contributed by atoms with van der Waals surface area (Å²) in [5.74, 6) is -0.0910. The fraction of sp³-hybridized carbons (Fsp3) is 0.136. The fourth-order valence-electron chi connectivity index (χ4n) is 4.32. The monoisotopic (exact) mass is 383 g/mol. The number of amides is 1. The van der Waals surface area contributed by atoms with Gasteiger partial charge in [0.25, 0.3) is 0 Å². The van der Waals surface area contributed by atoms with E-state index in [0.717, 1.165) is 11.3 Å². The summed E-state index contributed by atoms with van der Waals surface area (Å²) < 4.78 is 7.52. The van der Waals surface area contributed by atoms with Crippen molar-refractivity contribution < 1.29 is 9.53 Å². The van der Waals surface area contributed by atoms with Crippen molar-refractivity contribution >= 4 is 11.6 Å². The molecule has 29 heavy (non-hydrogen) atoms. The molecule has 0 aliphatic carbocycles. The average Bonchev–Trinajstić information content (AvgIpc) is 3.17. The van der Waals surface area contributed by atoms with E-state index in [2.05, 4.69) is 16.5 Å². The van der Waals surface area contributed by atoms with E-state index < -0.39 is 5.41 Å². The molecule has 2 aromatic carbocycles. The number of ether oxygens (including phenoxy) is 1. The van der Waals surface area contributed by atoms with Gasteiger partial charge in [-0.1, -0.05) is 30.3 Å². The minimum atomic E-state index is -1.39. The number of hydrogen-bond acceptors (Lipinski definition) is 5. The van der Waals surface area contributed by atoms with Crippen LogP contribution in [-0.2, 0) is 10.2 Å². The molecule has 7 heteroatoms. The third-order valence-electron chi connectivity index (χ3n) is 5.50. The first-order valence-corrected chi connectivity index (χ1v) is 9.14. The van der Waals surface area contributed by atoms with Crippen LogP contribution in [0.15, 0.2) is 60.0 Å². The minimum absolute atomic E-state index is 0.0688. The Morgan fingerprint density at radius 1 is 1.21 bits per heavy atom. The van der Waals surface area contributed by atoms with Gasteiger partial charge in [0.15, 0.2) is 0 Å². The third kappa shape index (κ3) is 2.05. The summed E-state index contributed by atoms with van der Waals surface area (Å²) >= 11 is 0. The van der Waals surface area contributed by atoms with Gasteiger partial charge in [-0.2, -0.15) is 10.4 Å². The van der Waals surface area contributed by atoms with Gasteiger partial charge in [0.05, 0.1) is 16.9 Å². The number of nitrogens with two attached hydrogens (primary N) is 1. The first kappa shape index (κ1) is 17.1. The van der Waals surface area contributed by atoms with Crippen LogP contribution in [0, 0.1) is 25.2 Å². The Morgan fingerprint density at radius 3 is 2.76 bits per heavy atom. The first-order valence-electron chi connectivity index (χ1n) is 9.14. The molecule has 1 unspecified atom stereocenters. The van der Waals surface area contributed by atoms with E-state index in [1.165, 1.54) is 0 Å². The number of nitriles is 1. The number of aryl methyl sites for hydroxylation is 2. The van der Waals surface area contributed by atoms with E-state index in [1.54, 1.807) is 11.6 Å². The lowest BCUT2D eigenvalue weighted by Gasteiger charge is -2.32. The summed E-state index contributed by atoms with van der Waals surface area (Å²) in [6.07, 6.45) is 0. The van der Waals surface area contributed by atoms with E-state index in [4.69, 9.17) is 10.5 Å². The minimum Gasteiger partial charge on any atom is -0.422 e. The lowest BCUT2D eigenvalue weighted by atomic mass is 9.69. The number of rotatable bonds is 1. The van der Waals surface area contributed by atoms with E-state index in [-0.39, 0.29) is 17.4 Å². The molecule has 0 fully saturated rings. The lowest BCUT2D eigenvalue weighted by Crippen LogP contribution is -2.42. The number of fused-ring (bicyclic) bond motifs is 4. The Kier molecular flexibility index (Phi) is 3.37. The van der Waals surface area contributed by atoms with Crippen LogP contribution in [0.4, 0.5) is 5.69 Å². The molecule has 3 N–H and O–H groups in total. The van der Waals surface area contributed by atoms with Crippen LogP contribution >= 0.6 is 0 Å². The topological polar surface area (TPSA) is 106 Å². The standard InChI is InChI=1S/C22H17N5O2/c1-12-6-5-7-14(10-12)27-20-18(13(2)26-27)22(16(11-23)19(24)29-20)15-8-3-4-9-17(15)25-21(22)28/h3-10H,24H2,1-2H3,(H,25,28). The summed E-state index contributed by atoms with van der Waals surface area (Å²) in [4.78, 5) is 13.4. The van der Waals surface area contributed by atoms with Crippen LogP contribution in [0.5, 0.6) is 5.88 Å². The van der Waals surface area contributed by atoms with E-state index >= 15 is 0 Å². The predicted molar refractivity (Wildman–Crippen MR) is 106 cm³/mol. The highest BCUT2D eigenvalue weighted by atomic mass is 16.5. The normalized spacial score (nSPS) is 19.4. The van der Waals surface area contributed by atoms with Crippen LogP contribution in [-0.4, -0.2) is 15.7 Å². The van der Waals surface area contributed by atoms with E-state index in [0.29, 0.717) is 28.4 Å². The highest BCUT2D eigenvalue weighted by molar-refractivity contribution is 6.12. The van der Waals surface area contributed by atoms with Gasteiger partial charge in [0.1, 0.15) is 17.1 Å². The molecule has 1 atom stereocenters. The van der Waals surface area contributed by atoms with E-state index in [1.807, 2.05) is 55.5 Å². The van der Waals surface area contributed by atoms with Crippen molar-refractivity contribution in [2.45, 2.75) is 19.3 Å². The average molecular weight is 383 g/mol. The van der Waals surface area contributed by atoms with Crippen molar-refractivity contribution in [2.24, 2.45) is 5.73 Å². The summed E-state index contributed by atoms with van der Waals surface area (Å²) in [7, 11) is 0. The molecular weight excluding hydrogens is 366 g/mol. The molecule has 1 aromatic heterocycles. The second kappa shape index (κ2) is 5.72. The van der Waals surface area contributed by atoms with Gasteiger partial charge in [0, 0.05) is 11.3 Å². The third-order valence-corrected chi connectivity index (χ3v) is 5.50. The smallest absolute Gasteiger partial charge is 0.245 e. The Hall–Kier alpha value is -4.05. The van der Waals surface area contributed by atoms with Crippen molar-refractivity contribution in [3.63, 3.8) is 0 Å².